The number of rotatable bonds is 7. The molecule has 22 heavy (non-hydrogen) atoms. The van der Waals surface area contributed by atoms with Gasteiger partial charge in [0.05, 0.1) is 5.60 Å². The molecule has 0 radical (unpaired) electrons. The molecule has 1 aromatic carbocycles. The maximum atomic E-state index is 10.4. The molecule has 0 heterocycles. The fourth-order valence-corrected chi connectivity index (χ4v) is 3.27. The molecule has 0 saturated heterocycles. The first-order valence-electron chi connectivity index (χ1n) is 8.56. The quantitative estimate of drug-likeness (QED) is 0.836. The van der Waals surface area contributed by atoms with Crippen LogP contribution in [0.3, 0.4) is 0 Å². The van der Waals surface area contributed by atoms with E-state index in [9.17, 15) is 5.11 Å². The second kappa shape index (κ2) is 7.58. The third-order valence-corrected chi connectivity index (χ3v) is 5.18. The average Bonchev–Trinajstić information content (AvgIpc) is 2.92. The molecule has 0 spiro atoms. The molecule has 1 aliphatic carbocycles. The molecule has 0 bridgehead atoms. The fourth-order valence-electron chi connectivity index (χ4n) is 3.27. The lowest BCUT2D eigenvalue weighted by molar-refractivity contribution is 0.0297. The minimum Gasteiger partial charge on any atom is -0.390 e. The van der Waals surface area contributed by atoms with Gasteiger partial charge in [0, 0.05) is 19.1 Å². The average molecular weight is 304 g/mol. The molecular weight excluding hydrogens is 272 g/mol. The third-order valence-electron chi connectivity index (χ3n) is 5.18. The second-order valence-electron chi connectivity index (χ2n) is 7.30. The van der Waals surface area contributed by atoms with Gasteiger partial charge in [-0.1, -0.05) is 37.1 Å². The summed E-state index contributed by atoms with van der Waals surface area (Å²) in [6.07, 6.45) is 5.24. The first kappa shape index (κ1) is 17.5. The zero-order valence-electron chi connectivity index (χ0n) is 14.7. The maximum absolute atomic E-state index is 10.4. The van der Waals surface area contributed by atoms with Crippen molar-refractivity contribution in [2.75, 3.05) is 27.7 Å². The lowest BCUT2D eigenvalue weighted by Crippen LogP contribution is -2.31. The third kappa shape index (κ3) is 4.80. The molecule has 3 nitrogen and oxygen atoms in total. The summed E-state index contributed by atoms with van der Waals surface area (Å²) in [6, 6.07) is 9.38. The SMILES string of the molecule is CC(c1ccc(CN(C)CCC2(O)CCCC2)cc1)N(C)C. The van der Waals surface area contributed by atoms with Gasteiger partial charge < -0.3 is 14.9 Å². The Labute approximate surface area is 135 Å². The molecule has 3 heteroatoms. The maximum Gasteiger partial charge on any atom is 0.0660 e. The molecule has 1 aliphatic rings. The Kier molecular flexibility index (Phi) is 6.01. The summed E-state index contributed by atoms with van der Waals surface area (Å²) in [5.74, 6) is 0. The van der Waals surface area contributed by atoms with Gasteiger partial charge in [-0.25, -0.2) is 0 Å². The molecule has 1 N–H and O–H groups in total. The molecule has 124 valence electrons. The Balaban J connectivity index is 1.82. The molecule has 2 rings (SSSR count). The van der Waals surface area contributed by atoms with Crippen molar-refractivity contribution in [1.82, 2.24) is 9.80 Å². The molecule has 1 atom stereocenters. The summed E-state index contributed by atoms with van der Waals surface area (Å²) < 4.78 is 0. The summed E-state index contributed by atoms with van der Waals surface area (Å²) in [5.41, 5.74) is 2.31. The highest BCUT2D eigenvalue weighted by atomic mass is 16.3. The number of hydrogen-bond acceptors (Lipinski definition) is 3. The molecule has 1 saturated carbocycles. The minimum atomic E-state index is -0.390. The summed E-state index contributed by atoms with van der Waals surface area (Å²) >= 11 is 0. The van der Waals surface area contributed by atoms with E-state index in [2.05, 4.69) is 62.1 Å². The van der Waals surface area contributed by atoms with E-state index >= 15 is 0 Å². The number of benzene rings is 1. The highest BCUT2D eigenvalue weighted by Crippen LogP contribution is 2.32. The normalized spacial score (nSPS) is 19.0. The monoisotopic (exact) mass is 304 g/mol. The van der Waals surface area contributed by atoms with Crippen molar-refractivity contribution in [3.8, 4) is 0 Å². The van der Waals surface area contributed by atoms with Gasteiger partial charge in [0.1, 0.15) is 0 Å². The zero-order valence-corrected chi connectivity index (χ0v) is 14.7. The Morgan fingerprint density at radius 1 is 1.09 bits per heavy atom. The largest absolute Gasteiger partial charge is 0.390 e. The van der Waals surface area contributed by atoms with Crippen LogP contribution < -0.4 is 0 Å². The van der Waals surface area contributed by atoms with Crippen LogP contribution in [0.1, 0.15) is 56.2 Å². The molecule has 1 aromatic rings. The van der Waals surface area contributed by atoms with Crippen molar-refractivity contribution in [3.05, 3.63) is 35.4 Å². The first-order valence-corrected chi connectivity index (χ1v) is 8.56. The fraction of sp³-hybridized carbons (Fsp3) is 0.684. The number of aliphatic hydroxyl groups is 1. The summed E-state index contributed by atoms with van der Waals surface area (Å²) in [6.45, 7) is 4.14. The van der Waals surface area contributed by atoms with Crippen molar-refractivity contribution in [1.29, 1.82) is 0 Å². The van der Waals surface area contributed by atoms with E-state index in [1.54, 1.807) is 0 Å². The smallest absolute Gasteiger partial charge is 0.0660 e. The molecular formula is C19H32N2O. The van der Waals surface area contributed by atoms with Crippen LogP contribution in [0.25, 0.3) is 0 Å². The molecule has 1 unspecified atom stereocenters. The van der Waals surface area contributed by atoms with Crippen LogP contribution in [-0.4, -0.2) is 48.2 Å². The van der Waals surface area contributed by atoms with Crippen molar-refractivity contribution >= 4 is 0 Å². The zero-order chi connectivity index (χ0) is 16.2. The van der Waals surface area contributed by atoms with E-state index in [1.807, 2.05) is 0 Å². The Hall–Kier alpha value is -0.900. The Morgan fingerprint density at radius 3 is 2.23 bits per heavy atom. The van der Waals surface area contributed by atoms with Gasteiger partial charge in [-0.15, -0.1) is 0 Å². The number of nitrogens with zero attached hydrogens (tertiary/aromatic N) is 2. The molecule has 1 fully saturated rings. The first-order chi connectivity index (χ1) is 10.4. The Morgan fingerprint density at radius 2 is 1.68 bits per heavy atom. The van der Waals surface area contributed by atoms with E-state index in [4.69, 9.17) is 0 Å². The van der Waals surface area contributed by atoms with Crippen LogP contribution in [0.15, 0.2) is 24.3 Å². The lowest BCUT2D eigenvalue weighted by atomic mass is 9.98. The van der Waals surface area contributed by atoms with Crippen molar-refractivity contribution in [3.63, 3.8) is 0 Å². The van der Waals surface area contributed by atoms with Gasteiger partial charge >= 0.3 is 0 Å². The van der Waals surface area contributed by atoms with Gasteiger partial charge in [0.25, 0.3) is 0 Å². The topological polar surface area (TPSA) is 26.7 Å². The van der Waals surface area contributed by atoms with Crippen LogP contribution in [0, 0.1) is 0 Å². The predicted octanol–water partition coefficient (Wildman–Crippen LogP) is 3.44. The lowest BCUT2D eigenvalue weighted by Gasteiger charge is -2.26. The van der Waals surface area contributed by atoms with Crippen molar-refractivity contribution in [2.45, 2.75) is 57.2 Å². The standard InChI is InChI=1S/C19H32N2O/c1-16(20(2)3)18-9-7-17(8-10-18)15-21(4)14-13-19(22)11-5-6-12-19/h7-10,16,22H,5-6,11-15H2,1-4H3. The van der Waals surface area contributed by atoms with Crippen LogP contribution in [-0.2, 0) is 6.54 Å². The van der Waals surface area contributed by atoms with Crippen LogP contribution in [0.5, 0.6) is 0 Å². The van der Waals surface area contributed by atoms with E-state index in [-0.39, 0.29) is 5.60 Å². The summed E-state index contributed by atoms with van der Waals surface area (Å²) in [4.78, 5) is 4.55. The van der Waals surface area contributed by atoms with Crippen LogP contribution in [0.4, 0.5) is 0 Å². The van der Waals surface area contributed by atoms with E-state index in [1.165, 1.54) is 24.0 Å². The van der Waals surface area contributed by atoms with Crippen molar-refractivity contribution in [2.24, 2.45) is 0 Å². The van der Waals surface area contributed by atoms with Gasteiger partial charge in [-0.2, -0.15) is 0 Å². The second-order valence-corrected chi connectivity index (χ2v) is 7.30. The van der Waals surface area contributed by atoms with Gasteiger partial charge in [-0.3, -0.25) is 0 Å². The van der Waals surface area contributed by atoms with Crippen molar-refractivity contribution < 1.29 is 5.11 Å². The van der Waals surface area contributed by atoms with Crippen LogP contribution >= 0.6 is 0 Å². The molecule has 0 aliphatic heterocycles. The van der Waals surface area contributed by atoms with E-state index in [0.717, 1.165) is 32.4 Å². The van der Waals surface area contributed by atoms with E-state index < -0.39 is 0 Å². The van der Waals surface area contributed by atoms with Gasteiger partial charge in [0.15, 0.2) is 0 Å². The van der Waals surface area contributed by atoms with Crippen LogP contribution in [0.2, 0.25) is 0 Å². The molecule has 0 amide bonds. The van der Waals surface area contributed by atoms with Gasteiger partial charge in [0.2, 0.25) is 0 Å². The highest BCUT2D eigenvalue weighted by Gasteiger charge is 2.30. The van der Waals surface area contributed by atoms with Gasteiger partial charge in [-0.05, 0) is 58.5 Å². The summed E-state index contributed by atoms with van der Waals surface area (Å²) in [7, 11) is 6.37. The molecule has 0 aromatic heterocycles. The Bertz CT molecular complexity index is 449. The highest BCUT2D eigenvalue weighted by molar-refractivity contribution is 5.24. The van der Waals surface area contributed by atoms with E-state index in [0.29, 0.717) is 6.04 Å². The minimum absolute atomic E-state index is 0.390. The summed E-state index contributed by atoms with van der Waals surface area (Å²) in [5, 5.41) is 10.4. The number of hydrogen-bond donors (Lipinski definition) is 1. The predicted molar refractivity (Wildman–Crippen MR) is 92.9 cm³/mol.